The zero-order valence-electron chi connectivity index (χ0n) is 10.8. The van der Waals surface area contributed by atoms with Gasteiger partial charge in [-0.25, -0.2) is 0 Å². The Morgan fingerprint density at radius 2 is 2.06 bits per heavy atom. The van der Waals surface area contributed by atoms with Crippen molar-refractivity contribution in [2.45, 2.75) is 52.5 Å². The van der Waals surface area contributed by atoms with Gasteiger partial charge >= 0.3 is 0 Å². The van der Waals surface area contributed by atoms with Crippen LogP contribution in [0.5, 0.6) is 0 Å². The van der Waals surface area contributed by atoms with E-state index in [9.17, 15) is 0 Å². The van der Waals surface area contributed by atoms with E-state index in [0.29, 0.717) is 12.0 Å². The van der Waals surface area contributed by atoms with Crippen LogP contribution in [0.15, 0.2) is 0 Å². The molecule has 0 saturated carbocycles. The average Bonchev–Trinajstić information content (AvgIpc) is 2.69. The molecule has 0 spiro atoms. The minimum absolute atomic E-state index is 0.418. The van der Waals surface area contributed by atoms with E-state index in [1.807, 2.05) is 7.05 Å². The summed E-state index contributed by atoms with van der Waals surface area (Å²) in [5.74, 6) is 0.646. The number of rotatable bonds is 7. The molecule has 92 valence electrons. The topological polar surface area (TPSA) is 37.8 Å². The highest BCUT2D eigenvalue weighted by Crippen LogP contribution is 2.29. The fourth-order valence-corrected chi connectivity index (χ4v) is 3.10. The van der Waals surface area contributed by atoms with Gasteiger partial charge in [0.05, 0.1) is 10.6 Å². The molecule has 4 heteroatoms. The number of hydrogen-bond donors (Lipinski definition) is 1. The average molecular weight is 241 g/mol. The molecule has 0 saturated heterocycles. The van der Waals surface area contributed by atoms with Crippen molar-refractivity contribution >= 4 is 11.5 Å². The van der Waals surface area contributed by atoms with Crippen molar-refractivity contribution in [3.63, 3.8) is 0 Å². The van der Waals surface area contributed by atoms with Crippen LogP contribution in [-0.2, 0) is 6.42 Å². The molecule has 0 amide bonds. The summed E-state index contributed by atoms with van der Waals surface area (Å²) in [5, 5.41) is 7.66. The molecule has 0 radical (unpaired) electrons. The lowest BCUT2D eigenvalue weighted by atomic mass is 9.94. The molecule has 0 aromatic carbocycles. The number of aromatic nitrogens is 2. The highest BCUT2D eigenvalue weighted by Gasteiger charge is 2.22. The van der Waals surface area contributed by atoms with E-state index in [1.165, 1.54) is 23.4 Å². The second-order valence-corrected chi connectivity index (χ2v) is 5.15. The fourth-order valence-electron chi connectivity index (χ4n) is 2.16. The molecule has 2 unspecified atom stereocenters. The summed E-state index contributed by atoms with van der Waals surface area (Å²) in [6.07, 6.45) is 4.66. The minimum atomic E-state index is 0.418. The summed E-state index contributed by atoms with van der Waals surface area (Å²) in [6.45, 7) is 6.73. The molecule has 3 nitrogen and oxygen atoms in total. The van der Waals surface area contributed by atoms with Crippen molar-refractivity contribution < 1.29 is 0 Å². The maximum absolute atomic E-state index is 4.25. The zero-order valence-corrected chi connectivity index (χ0v) is 11.6. The van der Waals surface area contributed by atoms with Gasteiger partial charge in [0.15, 0.2) is 0 Å². The monoisotopic (exact) mass is 241 g/mol. The Balaban J connectivity index is 2.81. The van der Waals surface area contributed by atoms with E-state index in [1.54, 1.807) is 11.5 Å². The van der Waals surface area contributed by atoms with Gasteiger partial charge in [0.25, 0.3) is 0 Å². The van der Waals surface area contributed by atoms with Crippen molar-refractivity contribution in [2.75, 3.05) is 7.05 Å². The second kappa shape index (κ2) is 6.97. The lowest BCUT2D eigenvalue weighted by Crippen LogP contribution is -2.23. The molecule has 2 atom stereocenters. The number of aryl methyl sites for hydroxylation is 1. The van der Waals surface area contributed by atoms with Crippen LogP contribution in [0.25, 0.3) is 0 Å². The number of nitrogens with zero attached hydrogens (tertiary/aromatic N) is 2. The van der Waals surface area contributed by atoms with E-state index < -0.39 is 0 Å². The minimum Gasteiger partial charge on any atom is -0.312 e. The summed E-state index contributed by atoms with van der Waals surface area (Å²) < 4.78 is 4.10. The quantitative estimate of drug-likeness (QED) is 0.796. The molecule has 0 aliphatic rings. The van der Waals surface area contributed by atoms with Crippen molar-refractivity contribution in [3.05, 3.63) is 10.6 Å². The van der Waals surface area contributed by atoms with Crippen LogP contribution in [0.1, 0.15) is 56.6 Å². The van der Waals surface area contributed by atoms with Gasteiger partial charge in [0.1, 0.15) is 0 Å². The molecule has 1 aromatic rings. The normalized spacial score (nSPS) is 15.0. The molecular formula is C12H23N3S. The van der Waals surface area contributed by atoms with Gasteiger partial charge < -0.3 is 5.32 Å². The third-order valence-corrected chi connectivity index (χ3v) is 3.83. The van der Waals surface area contributed by atoms with Gasteiger partial charge in [0.2, 0.25) is 0 Å². The highest BCUT2D eigenvalue weighted by atomic mass is 32.1. The van der Waals surface area contributed by atoms with Gasteiger partial charge in [-0.05, 0) is 37.3 Å². The third-order valence-electron chi connectivity index (χ3n) is 2.98. The Morgan fingerprint density at radius 1 is 1.31 bits per heavy atom. The molecular weight excluding hydrogens is 218 g/mol. The van der Waals surface area contributed by atoms with Crippen molar-refractivity contribution in [2.24, 2.45) is 5.92 Å². The van der Waals surface area contributed by atoms with E-state index in [0.717, 1.165) is 12.8 Å². The summed E-state index contributed by atoms with van der Waals surface area (Å²) in [4.78, 5) is 1.34. The largest absolute Gasteiger partial charge is 0.312 e. The predicted octanol–water partition coefficient (Wildman–Crippen LogP) is 3.19. The van der Waals surface area contributed by atoms with Crippen LogP contribution in [0.4, 0.5) is 0 Å². The Labute approximate surface area is 103 Å². The molecule has 0 bridgehead atoms. The molecule has 1 heterocycles. The molecule has 1 rings (SSSR count). The Morgan fingerprint density at radius 3 is 2.62 bits per heavy atom. The lowest BCUT2D eigenvalue weighted by Gasteiger charge is -2.22. The first kappa shape index (κ1) is 13.6. The van der Waals surface area contributed by atoms with Crippen LogP contribution in [-0.4, -0.2) is 16.6 Å². The summed E-state index contributed by atoms with van der Waals surface area (Å²) in [5.41, 5.74) is 1.19. The van der Waals surface area contributed by atoms with Crippen molar-refractivity contribution in [3.8, 4) is 0 Å². The van der Waals surface area contributed by atoms with Crippen molar-refractivity contribution in [1.29, 1.82) is 0 Å². The van der Waals surface area contributed by atoms with Gasteiger partial charge in [-0.2, -0.15) is 0 Å². The molecule has 0 aliphatic carbocycles. The molecule has 0 aliphatic heterocycles. The van der Waals surface area contributed by atoms with Crippen LogP contribution in [0, 0.1) is 5.92 Å². The second-order valence-electron chi connectivity index (χ2n) is 4.37. The first-order valence-electron chi connectivity index (χ1n) is 6.22. The first-order chi connectivity index (χ1) is 7.74. The molecule has 0 fully saturated rings. The highest BCUT2D eigenvalue weighted by molar-refractivity contribution is 7.05. The first-order valence-corrected chi connectivity index (χ1v) is 7.00. The lowest BCUT2D eigenvalue weighted by molar-refractivity contribution is 0.386. The summed E-state index contributed by atoms with van der Waals surface area (Å²) in [6, 6.07) is 0.418. The SMILES string of the molecule is CCCc1nnsc1C(NC)C(C)CCC. The Hall–Kier alpha value is -0.480. The van der Waals surface area contributed by atoms with E-state index in [-0.39, 0.29) is 0 Å². The van der Waals surface area contributed by atoms with Crippen molar-refractivity contribution in [1.82, 2.24) is 14.9 Å². The number of nitrogens with one attached hydrogen (secondary N) is 1. The van der Waals surface area contributed by atoms with Crippen LogP contribution in [0.3, 0.4) is 0 Å². The van der Waals surface area contributed by atoms with Crippen LogP contribution in [0.2, 0.25) is 0 Å². The Bertz CT molecular complexity index is 298. The van der Waals surface area contributed by atoms with Gasteiger partial charge in [-0.15, -0.1) is 5.10 Å². The predicted molar refractivity (Wildman–Crippen MR) is 69.8 cm³/mol. The molecule has 1 N–H and O–H groups in total. The molecule has 16 heavy (non-hydrogen) atoms. The Kier molecular flexibility index (Phi) is 5.91. The van der Waals surface area contributed by atoms with Gasteiger partial charge in [-0.3, -0.25) is 0 Å². The number of hydrogen-bond acceptors (Lipinski definition) is 4. The van der Waals surface area contributed by atoms with E-state index in [4.69, 9.17) is 0 Å². The zero-order chi connectivity index (χ0) is 12.0. The summed E-state index contributed by atoms with van der Waals surface area (Å²) >= 11 is 1.55. The maximum atomic E-state index is 4.25. The maximum Gasteiger partial charge on any atom is 0.0803 e. The smallest absolute Gasteiger partial charge is 0.0803 e. The van der Waals surface area contributed by atoms with E-state index in [2.05, 4.69) is 35.7 Å². The van der Waals surface area contributed by atoms with Crippen LogP contribution < -0.4 is 5.32 Å². The summed E-state index contributed by atoms with van der Waals surface area (Å²) in [7, 11) is 2.03. The van der Waals surface area contributed by atoms with E-state index >= 15 is 0 Å². The van der Waals surface area contributed by atoms with Gasteiger partial charge in [-0.1, -0.05) is 38.1 Å². The molecule has 1 aromatic heterocycles. The fraction of sp³-hybridized carbons (Fsp3) is 0.833. The standard InChI is InChI=1S/C12H23N3S/c1-5-7-9(3)11(13-4)12-10(8-6-2)14-15-16-12/h9,11,13H,5-8H2,1-4H3. The third kappa shape index (κ3) is 3.25. The van der Waals surface area contributed by atoms with Gasteiger partial charge in [0, 0.05) is 6.04 Å². The van der Waals surface area contributed by atoms with Crippen LogP contribution >= 0.6 is 11.5 Å².